The third kappa shape index (κ3) is 4.18. The molecule has 6 nitrogen and oxygen atoms in total. The maximum atomic E-state index is 13.2. The lowest BCUT2D eigenvalue weighted by Gasteiger charge is -2.04. The third-order valence-electron chi connectivity index (χ3n) is 4.63. The van der Waals surface area contributed by atoms with Gasteiger partial charge in [0, 0.05) is 34.0 Å². The Morgan fingerprint density at radius 1 is 1.10 bits per heavy atom. The normalized spacial score (nSPS) is 11.2. The standard InChI is InChI=1S/C22H18FN5OS/c1-14-20(15(2)28(26-14)19-9-5-17(23)6-10-19)11-12-22(29)24-18-7-3-16(4-8-18)21-13-30-27-25-21/h3-13H,1-2H3,(H,24,29)/b12-11+. The molecule has 0 saturated carbocycles. The fraction of sp³-hybridized carbons (Fsp3) is 0.0909. The van der Waals surface area contributed by atoms with E-state index in [4.69, 9.17) is 0 Å². The molecule has 2 aromatic carbocycles. The van der Waals surface area contributed by atoms with Crippen molar-refractivity contribution in [1.29, 1.82) is 0 Å². The Balaban J connectivity index is 1.47. The van der Waals surface area contributed by atoms with Crippen molar-refractivity contribution >= 4 is 29.2 Å². The zero-order valence-electron chi connectivity index (χ0n) is 16.3. The number of hydrogen-bond acceptors (Lipinski definition) is 5. The first-order valence-electron chi connectivity index (χ1n) is 9.20. The van der Waals surface area contributed by atoms with Gasteiger partial charge < -0.3 is 5.32 Å². The van der Waals surface area contributed by atoms with E-state index < -0.39 is 0 Å². The molecule has 0 unspecified atom stereocenters. The van der Waals surface area contributed by atoms with Gasteiger partial charge in [0.05, 0.1) is 11.4 Å². The number of nitrogens with zero attached hydrogens (tertiary/aromatic N) is 4. The summed E-state index contributed by atoms with van der Waals surface area (Å²) in [6.45, 7) is 3.78. The van der Waals surface area contributed by atoms with Gasteiger partial charge in [-0.2, -0.15) is 5.10 Å². The number of aryl methyl sites for hydroxylation is 1. The first-order valence-corrected chi connectivity index (χ1v) is 10.0. The molecule has 0 saturated heterocycles. The highest BCUT2D eigenvalue weighted by Gasteiger charge is 2.11. The molecule has 1 N–H and O–H groups in total. The van der Waals surface area contributed by atoms with E-state index in [1.165, 1.54) is 29.7 Å². The van der Waals surface area contributed by atoms with Gasteiger partial charge in [-0.3, -0.25) is 4.79 Å². The van der Waals surface area contributed by atoms with Gasteiger partial charge in [-0.25, -0.2) is 9.07 Å². The van der Waals surface area contributed by atoms with Crippen LogP contribution in [0.3, 0.4) is 0 Å². The summed E-state index contributed by atoms with van der Waals surface area (Å²) in [7, 11) is 0. The summed E-state index contributed by atoms with van der Waals surface area (Å²) < 4.78 is 18.8. The Bertz CT molecular complexity index is 1200. The molecule has 0 aliphatic heterocycles. The molecule has 0 fully saturated rings. The lowest BCUT2D eigenvalue weighted by atomic mass is 10.1. The average molecular weight is 419 g/mol. The Labute approximate surface area is 176 Å². The minimum Gasteiger partial charge on any atom is -0.323 e. The fourth-order valence-electron chi connectivity index (χ4n) is 3.09. The van der Waals surface area contributed by atoms with Crippen LogP contribution in [-0.4, -0.2) is 25.3 Å². The van der Waals surface area contributed by atoms with E-state index >= 15 is 0 Å². The number of carbonyl (C=O) groups is 1. The Hall–Kier alpha value is -3.65. The molecule has 150 valence electrons. The minimum atomic E-state index is -0.298. The summed E-state index contributed by atoms with van der Waals surface area (Å²) in [4.78, 5) is 12.3. The second-order valence-corrected chi connectivity index (χ2v) is 7.27. The predicted octanol–water partition coefficient (Wildman–Crippen LogP) is 4.80. The zero-order valence-corrected chi connectivity index (χ0v) is 17.2. The molecule has 0 radical (unpaired) electrons. The second-order valence-electron chi connectivity index (χ2n) is 6.66. The van der Waals surface area contributed by atoms with Crippen LogP contribution in [0.1, 0.15) is 17.0 Å². The van der Waals surface area contributed by atoms with Crippen LogP contribution in [0.2, 0.25) is 0 Å². The summed E-state index contributed by atoms with van der Waals surface area (Å²) in [5.41, 5.74) is 5.69. The molecule has 0 aliphatic carbocycles. The maximum absolute atomic E-state index is 13.2. The lowest BCUT2D eigenvalue weighted by Crippen LogP contribution is -2.07. The van der Waals surface area contributed by atoms with Crippen LogP contribution in [0.15, 0.2) is 60.0 Å². The number of halogens is 1. The van der Waals surface area contributed by atoms with E-state index in [1.807, 2.05) is 43.5 Å². The maximum Gasteiger partial charge on any atom is 0.248 e. The second kappa shape index (κ2) is 8.38. The van der Waals surface area contributed by atoms with Gasteiger partial charge in [-0.15, -0.1) is 5.10 Å². The topological polar surface area (TPSA) is 72.7 Å². The number of amides is 1. The lowest BCUT2D eigenvalue weighted by molar-refractivity contribution is -0.111. The van der Waals surface area contributed by atoms with Gasteiger partial charge in [-0.1, -0.05) is 16.6 Å². The quantitative estimate of drug-likeness (QED) is 0.472. The third-order valence-corrected chi connectivity index (χ3v) is 5.13. The fourth-order valence-corrected chi connectivity index (χ4v) is 3.55. The van der Waals surface area contributed by atoms with Crippen LogP contribution in [0, 0.1) is 19.7 Å². The van der Waals surface area contributed by atoms with Crippen molar-refractivity contribution < 1.29 is 9.18 Å². The van der Waals surface area contributed by atoms with E-state index in [-0.39, 0.29) is 11.7 Å². The summed E-state index contributed by atoms with van der Waals surface area (Å²) in [6, 6.07) is 13.5. The molecular weight excluding hydrogens is 401 g/mol. The summed E-state index contributed by atoms with van der Waals surface area (Å²) in [5, 5.41) is 13.2. The zero-order chi connectivity index (χ0) is 21.1. The van der Waals surface area contributed by atoms with Crippen molar-refractivity contribution in [3.05, 3.63) is 82.8 Å². The van der Waals surface area contributed by atoms with Crippen LogP contribution in [0.25, 0.3) is 23.0 Å². The monoisotopic (exact) mass is 419 g/mol. The van der Waals surface area contributed by atoms with Crippen LogP contribution >= 0.6 is 11.5 Å². The van der Waals surface area contributed by atoms with Crippen LogP contribution in [0.4, 0.5) is 10.1 Å². The summed E-state index contributed by atoms with van der Waals surface area (Å²) in [5.74, 6) is -0.542. The largest absolute Gasteiger partial charge is 0.323 e. The molecule has 2 aromatic heterocycles. The molecule has 4 rings (SSSR count). The summed E-state index contributed by atoms with van der Waals surface area (Å²) in [6.07, 6.45) is 3.21. The van der Waals surface area contributed by atoms with Gasteiger partial charge in [0.1, 0.15) is 11.5 Å². The molecule has 30 heavy (non-hydrogen) atoms. The van der Waals surface area contributed by atoms with Crippen molar-refractivity contribution in [2.24, 2.45) is 0 Å². The Kier molecular flexibility index (Phi) is 5.49. The smallest absolute Gasteiger partial charge is 0.248 e. The number of carbonyl (C=O) groups excluding carboxylic acids is 1. The number of anilines is 1. The van der Waals surface area contributed by atoms with Gasteiger partial charge >= 0.3 is 0 Å². The van der Waals surface area contributed by atoms with Gasteiger partial charge in [0.2, 0.25) is 5.91 Å². The first-order chi connectivity index (χ1) is 14.5. The van der Waals surface area contributed by atoms with Gasteiger partial charge in [-0.05, 0) is 67.9 Å². The molecule has 0 spiro atoms. The molecule has 4 aromatic rings. The number of hydrogen-bond donors (Lipinski definition) is 1. The summed E-state index contributed by atoms with van der Waals surface area (Å²) >= 11 is 1.29. The minimum absolute atomic E-state index is 0.244. The van der Waals surface area contributed by atoms with Crippen molar-refractivity contribution in [3.8, 4) is 16.9 Å². The van der Waals surface area contributed by atoms with Crippen LogP contribution < -0.4 is 5.32 Å². The van der Waals surface area contributed by atoms with Crippen molar-refractivity contribution in [3.63, 3.8) is 0 Å². The molecule has 8 heteroatoms. The van der Waals surface area contributed by atoms with E-state index in [2.05, 4.69) is 20.0 Å². The van der Waals surface area contributed by atoms with Crippen LogP contribution in [0.5, 0.6) is 0 Å². The number of aromatic nitrogens is 4. The Morgan fingerprint density at radius 3 is 2.50 bits per heavy atom. The van der Waals surface area contributed by atoms with E-state index in [0.29, 0.717) is 5.69 Å². The van der Waals surface area contributed by atoms with Gasteiger partial charge in [0.25, 0.3) is 0 Å². The molecule has 1 amide bonds. The average Bonchev–Trinajstić information content (AvgIpc) is 3.37. The molecule has 0 bridgehead atoms. The van der Waals surface area contributed by atoms with E-state index in [9.17, 15) is 9.18 Å². The molecule has 0 aliphatic rings. The molecular formula is C22H18FN5OS. The molecule has 0 atom stereocenters. The van der Waals surface area contributed by atoms with Crippen LogP contribution in [-0.2, 0) is 4.79 Å². The van der Waals surface area contributed by atoms with E-state index in [1.54, 1.807) is 22.9 Å². The number of rotatable bonds is 5. The highest BCUT2D eigenvalue weighted by atomic mass is 32.1. The highest BCUT2D eigenvalue weighted by molar-refractivity contribution is 7.03. The van der Waals surface area contributed by atoms with Crippen molar-refractivity contribution in [2.45, 2.75) is 13.8 Å². The van der Waals surface area contributed by atoms with E-state index in [0.717, 1.165) is 33.9 Å². The first kappa shape index (κ1) is 19.7. The van der Waals surface area contributed by atoms with Crippen molar-refractivity contribution in [2.75, 3.05) is 5.32 Å². The van der Waals surface area contributed by atoms with Crippen molar-refractivity contribution in [1.82, 2.24) is 19.4 Å². The predicted molar refractivity (Wildman–Crippen MR) is 116 cm³/mol. The SMILES string of the molecule is Cc1nn(-c2ccc(F)cc2)c(C)c1/C=C/C(=O)Nc1ccc(-c2csnn2)cc1. The number of nitrogens with one attached hydrogen (secondary N) is 1. The molecule has 2 heterocycles. The highest BCUT2D eigenvalue weighted by Crippen LogP contribution is 2.21. The van der Waals surface area contributed by atoms with Gasteiger partial charge in [0.15, 0.2) is 0 Å². The Morgan fingerprint density at radius 2 is 1.83 bits per heavy atom. The number of benzene rings is 2.